The number of hydrogen-bond acceptors (Lipinski definition) is 5. The number of nitrogens with one attached hydrogen (secondary N) is 1. The number of carbonyl (C=O) groups excluding carboxylic acids is 3. The van der Waals surface area contributed by atoms with Gasteiger partial charge in [-0.1, -0.05) is 41.9 Å². The second-order valence-corrected chi connectivity index (χ2v) is 8.51. The van der Waals surface area contributed by atoms with Crippen molar-refractivity contribution in [1.82, 2.24) is 14.9 Å². The third-order valence-corrected chi connectivity index (χ3v) is 6.15. The van der Waals surface area contributed by atoms with Gasteiger partial charge in [0.05, 0.1) is 29.5 Å². The monoisotopic (exact) mass is 505 g/mol. The van der Waals surface area contributed by atoms with E-state index >= 15 is 0 Å². The smallest absolute Gasteiger partial charge is 0.350 e. The Bertz CT molecular complexity index is 1300. The third kappa shape index (κ3) is 4.91. The molecule has 1 aliphatic heterocycles. The van der Waals surface area contributed by atoms with E-state index in [1.807, 2.05) is 0 Å². The van der Waals surface area contributed by atoms with Crippen molar-refractivity contribution < 1.29 is 28.0 Å². The van der Waals surface area contributed by atoms with Crippen molar-refractivity contribution in [2.24, 2.45) is 11.5 Å². The number of carbonyl (C=O) groups is 3. The highest BCUT2D eigenvalue weighted by atomic mass is 35.5. The van der Waals surface area contributed by atoms with Crippen LogP contribution in [-0.2, 0) is 22.6 Å². The largest absolute Gasteiger partial charge is 0.429 e. The molecule has 3 aromatic rings. The molecular formula is C23H22ClF2N5O4. The molecule has 5 N–H and O–H groups in total. The van der Waals surface area contributed by atoms with Crippen molar-refractivity contribution >= 4 is 40.4 Å². The normalized spacial score (nSPS) is 19.7. The summed E-state index contributed by atoms with van der Waals surface area (Å²) >= 11 is 5.76. The lowest BCUT2D eigenvalue weighted by Crippen LogP contribution is -2.53. The van der Waals surface area contributed by atoms with E-state index in [2.05, 4.69) is 5.32 Å². The van der Waals surface area contributed by atoms with E-state index in [-0.39, 0.29) is 30.1 Å². The number of fused-ring (bicyclic) bond motifs is 1. The average molecular weight is 506 g/mol. The quantitative estimate of drug-likeness (QED) is 0.469. The lowest BCUT2D eigenvalue weighted by molar-refractivity contribution is -0.138. The van der Waals surface area contributed by atoms with Gasteiger partial charge in [-0.25, -0.2) is 13.6 Å². The molecule has 1 aromatic heterocycles. The number of hydrogen-bond donors (Lipinski definition) is 3. The lowest BCUT2D eigenvalue weighted by Gasteiger charge is -2.25. The fourth-order valence-corrected chi connectivity index (χ4v) is 4.36. The van der Waals surface area contributed by atoms with Crippen LogP contribution in [-0.4, -0.2) is 52.3 Å². The summed E-state index contributed by atoms with van der Waals surface area (Å²) in [5.41, 5.74) is 12.1. The number of nitrogens with two attached hydrogens (primary N) is 2. The molecule has 2 aromatic carbocycles. The van der Waals surface area contributed by atoms with E-state index in [0.29, 0.717) is 16.5 Å². The highest BCUT2D eigenvalue weighted by Crippen LogP contribution is 2.25. The van der Waals surface area contributed by atoms with E-state index in [9.17, 15) is 23.2 Å². The van der Waals surface area contributed by atoms with Crippen LogP contribution in [0.1, 0.15) is 11.1 Å². The standard InChI is InChI=1S/C23H22ClF2N5O4/c24-15-6-3-4-12(19(15)26)9-29-22(33)21-20(27)16(25)11-30(21)18(32)8-13-10-31(35-23(28)34)17-7-2-1-5-14(13)17/h1-7,10,16,20-21H,8-9,11,27H2,(H2,28,34)(H,29,33)/t16-,20+,21-/m0/s1. The molecule has 1 fully saturated rings. The number of para-hydroxylation sites is 1. The minimum atomic E-state index is -1.63. The summed E-state index contributed by atoms with van der Waals surface area (Å²) in [4.78, 5) is 43.3. The SMILES string of the molecule is NC(=O)On1cc(CC(=O)N2C[C@H](F)[C@@H](N)[C@H]2C(=O)NCc2cccc(Cl)c2F)c2ccccc21. The van der Waals surface area contributed by atoms with Crippen molar-refractivity contribution in [3.8, 4) is 0 Å². The topological polar surface area (TPSA) is 133 Å². The van der Waals surface area contributed by atoms with Crippen molar-refractivity contribution in [3.63, 3.8) is 0 Å². The Balaban J connectivity index is 1.53. The Labute approximate surface area is 203 Å². The van der Waals surface area contributed by atoms with Crippen LogP contribution < -0.4 is 21.6 Å². The molecule has 9 nitrogen and oxygen atoms in total. The number of halogens is 3. The van der Waals surface area contributed by atoms with Crippen LogP contribution >= 0.6 is 11.6 Å². The molecule has 0 bridgehead atoms. The zero-order chi connectivity index (χ0) is 25.3. The van der Waals surface area contributed by atoms with Crippen molar-refractivity contribution in [3.05, 3.63) is 70.6 Å². The summed E-state index contributed by atoms with van der Waals surface area (Å²) in [6.07, 6.45) is -1.46. The van der Waals surface area contributed by atoms with E-state index in [0.717, 1.165) is 9.63 Å². The summed E-state index contributed by atoms with van der Waals surface area (Å²) < 4.78 is 29.8. The number of alkyl halides is 1. The second-order valence-electron chi connectivity index (χ2n) is 8.10. The van der Waals surface area contributed by atoms with Gasteiger partial charge in [0.1, 0.15) is 18.0 Å². The molecule has 4 rings (SSSR count). The molecule has 1 aliphatic rings. The summed E-state index contributed by atoms with van der Waals surface area (Å²) in [5, 5.41) is 3.02. The maximum Gasteiger partial charge on any atom is 0.429 e. The van der Waals surface area contributed by atoms with E-state index < -0.39 is 42.0 Å². The van der Waals surface area contributed by atoms with Crippen LogP contribution in [0.15, 0.2) is 48.7 Å². The molecule has 0 unspecified atom stereocenters. The Hall–Kier alpha value is -3.70. The van der Waals surface area contributed by atoms with Crippen LogP contribution in [0.25, 0.3) is 10.9 Å². The maximum atomic E-state index is 14.5. The minimum absolute atomic E-state index is 0.102. The Morgan fingerprint density at radius 3 is 2.63 bits per heavy atom. The predicted octanol–water partition coefficient (Wildman–Crippen LogP) is 1.68. The van der Waals surface area contributed by atoms with Gasteiger partial charge >= 0.3 is 6.09 Å². The molecular weight excluding hydrogens is 484 g/mol. The van der Waals surface area contributed by atoms with Crippen LogP contribution in [0.5, 0.6) is 0 Å². The van der Waals surface area contributed by atoms with Gasteiger partial charge in [0.2, 0.25) is 11.8 Å². The highest BCUT2D eigenvalue weighted by molar-refractivity contribution is 6.30. The van der Waals surface area contributed by atoms with Gasteiger partial charge in [0.15, 0.2) is 0 Å². The van der Waals surface area contributed by atoms with Crippen LogP contribution in [0.4, 0.5) is 13.6 Å². The molecule has 12 heteroatoms. The number of aromatic nitrogens is 1. The molecule has 0 aliphatic carbocycles. The van der Waals surface area contributed by atoms with Crippen LogP contribution in [0, 0.1) is 5.82 Å². The van der Waals surface area contributed by atoms with Gasteiger partial charge in [-0.05, 0) is 17.7 Å². The van der Waals surface area contributed by atoms with Gasteiger partial charge in [0.25, 0.3) is 0 Å². The van der Waals surface area contributed by atoms with Gasteiger partial charge in [-0.15, -0.1) is 0 Å². The first-order valence-corrected chi connectivity index (χ1v) is 11.0. The summed E-state index contributed by atoms with van der Waals surface area (Å²) in [7, 11) is 0. The van der Waals surface area contributed by atoms with Crippen molar-refractivity contribution in [2.45, 2.75) is 31.2 Å². The lowest BCUT2D eigenvalue weighted by atomic mass is 10.1. The first-order valence-electron chi connectivity index (χ1n) is 10.6. The van der Waals surface area contributed by atoms with Gasteiger partial charge in [0, 0.05) is 23.7 Å². The number of benzene rings is 2. The number of primary amides is 1. The first-order chi connectivity index (χ1) is 16.7. The fraction of sp³-hybridized carbons (Fsp3) is 0.261. The molecule has 0 radical (unpaired) electrons. The minimum Gasteiger partial charge on any atom is -0.350 e. The summed E-state index contributed by atoms with van der Waals surface area (Å²) in [6.45, 7) is -0.592. The molecule has 3 amide bonds. The summed E-state index contributed by atoms with van der Waals surface area (Å²) in [6, 6.07) is 8.62. The zero-order valence-electron chi connectivity index (χ0n) is 18.3. The Morgan fingerprint density at radius 1 is 1.14 bits per heavy atom. The van der Waals surface area contributed by atoms with Crippen LogP contribution in [0.2, 0.25) is 5.02 Å². The number of rotatable bonds is 6. The zero-order valence-corrected chi connectivity index (χ0v) is 19.0. The Kier molecular flexibility index (Phi) is 6.90. The highest BCUT2D eigenvalue weighted by Gasteiger charge is 2.46. The van der Waals surface area contributed by atoms with Crippen molar-refractivity contribution in [1.29, 1.82) is 0 Å². The molecule has 1 saturated heterocycles. The van der Waals surface area contributed by atoms with Gasteiger partial charge < -0.3 is 26.5 Å². The van der Waals surface area contributed by atoms with E-state index in [1.54, 1.807) is 24.3 Å². The summed E-state index contributed by atoms with van der Waals surface area (Å²) in [5.74, 6) is -1.96. The van der Waals surface area contributed by atoms with Gasteiger partial charge in [-0.2, -0.15) is 4.73 Å². The molecule has 3 atom stereocenters. The number of likely N-dealkylation sites (tertiary alicyclic amines) is 1. The third-order valence-electron chi connectivity index (χ3n) is 5.85. The predicted molar refractivity (Wildman–Crippen MR) is 123 cm³/mol. The van der Waals surface area contributed by atoms with Crippen molar-refractivity contribution in [2.75, 3.05) is 6.54 Å². The fourth-order valence-electron chi connectivity index (χ4n) is 4.17. The van der Waals surface area contributed by atoms with Gasteiger partial charge in [-0.3, -0.25) is 9.59 Å². The molecule has 0 saturated carbocycles. The number of amides is 3. The molecule has 35 heavy (non-hydrogen) atoms. The van der Waals surface area contributed by atoms with Crippen LogP contribution in [0.3, 0.4) is 0 Å². The molecule has 0 spiro atoms. The Morgan fingerprint density at radius 2 is 1.89 bits per heavy atom. The average Bonchev–Trinajstić information content (AvgIpc) is 3.31. The van der Waals surface area contributed by atoms with E-state index in [1.165, 1.54) is 24.4 Å². The molecule has 2 heterocycles. The maximum absolute atomic E-state index is 14.5. The number of nitrogens with zero attached hydrogens (tertiary/aromatic N) is 2. The van der Waals surface area contributed by atoms with E-state index in [4.69, 9.17) is 27.9 Å². The first kappa shape index (κ1) is 24.4. The second kappa shape index (κ2) is 9.88. The molecule has 184 valence electrons.